The number of nitrogens with two attached hydrogens (primary N) is 1. The highest BCUT2D eigenvalue weighted by Gasteiger charge is 2.19. The Morgan fingerprint density at radius 3 is 2.43 bits per heavy atom. The van der Waals surface area contributed by atoms with E-state index in [0.29, 0.717) is 27.9 Å². The van der Waals surface area contributed by atoms with Crippen LogP contribution in [0.5, 0.6) is 0 Å². The van der Waals surface area contributed by atoms with Crippen LogP contribution in [0.3, 0.4) is 0 Å². The number of hydrogen-bond acceptors (Lipinski definition) is 4. The quantitative estimate of drug-likeness (QED) is 0.465. The molecule has 2 aromatic carbocycles. The van der Waals surface area contributed by atoms with Gasteiger partial charge in [0.2, 0.25) is 5.91 Å². The van der Waals surface area contributed by atoms with Crippen molar-refractivity contribution in [2.75, 3.05) is 5.32 Å². The smallest absolute Gasteiger partial charge is 0.276 e. The number of halogens is 2. The Balaban J connectivity index is 1.68. The second-order valence-corrected chi connectivity index (χ2v) is 7.14. The predicted octanol–water partition coefficient (Wildman–Crippen LogP) is 4.79. The van der Waals surface area contributed by atoms with Gasteiger partial charge in [0, 0.05) is 16.8 Å². The molecule has 7 nitrogen and oxygen atoms in total. The van der Waals surface area contributed by atoms with Crippen molar-refractivity contribution in [2.24, 2.45) is 5.73 Å². The number of carbonyl (C=O) groups is 2. The van der Waals surface area contributed by atoms with Crippen molar-refractivity contribution in [3.8, 4) is 17.1 Å². The Kier molecular flexibility index (Phi) is 5.31. The Hall–Kier alpha value is -3.55. The average Bonchev–Trinajstić information content (AvgIpc) is 3.38. The number of nitrogens with zero attached hydrogens (tertiary/aromatic N) is 2. The minimum Gasteiger partial charge on any atom is -0.463 e. The van der Waals surface area contributed by atoms with Crippen LogP contribution in [0.25, 0.3) is 17.1 Å². The van der Waals surface area contributed by atoms with E-state index in [1.165, 1.54) is 24.5 Å². The van der Waals surface area contributed by atoms with Crippen molar-refractivity contribution >= 4 is 40.7 Å². The highest BCUT2D eigenvalue weighted by Crippen LogP contribution is 2.26. The lowest BCUT2D eigenvalue weighted by Crippen LogP contribution is -2.14. The van der Waals surface area contributed by atoms with E-state index in [1.807, 2.05) is 0 Å². The van der Waals surface area contributed by atoms with Gasteiger partial charge in [0.25, 0.3) is 5.91 Å². The molecule has 4 rings (SSSR count). The van der Waals surface area contributed by atoms with Gasteiger partial charge in [-0.15, -0.1) is 0 Å². The fraction of sp³-hybridized carbons (Fsp3) is 0. The summed E-state index contributed by atoms with van der Waals surface area (Å²) in [5.74, 6) is -0.563. The molecule has 0 atom stereocenters. The summed E-state index contributed by atoms with van der Waals surface area (Å²) >= 11 is 12.0. The summed E-state index contributed by atoms with van der Waals surface area (Å²) < 4.78 is 7.08. The van der Waals surface area contributed by atoms with E-state index in [1.54, 1.807) is 47.1 Å². The Morgan fingerprint density at radius 1 is 1.03 bits per heavy atom. The van der Waals surface area contributed by atoms with Crippen LogP contribution < -0.4 is 11.1 Å². The number of nitrogens with one attached hydrogen (secondary N) is 1. The van der Waals surface area contributed by atoms with E-state index < -0.39 is 11.8 Å². The number of aromatic nitrogens is 2. The maximum atomic E-state index is 12.8. The van der Waals surface area contributed by atoms with E-state index in [9.17, 15) is 9.59 Å². The van der Waals surface area contributed by atoms with Gasteiger partial charge in [-0.05, 0) is 54.6 Å². The lowest BCUT2D eigenvalue weighted by atomic mass is 10.2. The van der Waals surface area contributed by atoms with Crippen LogP contribution in [0.2, 0.25) is 10.0 Å². The van der Waals surface area contributed by atoms with E-state index in [2.05, 4.69) is 10.4 Å². The molecule has 150 valence electrons. The van der Waals surface area contributed by atoms with E-state index in [4.69, 9.17) is 33.4 Å². The lowest BCUT2D eigenvalue weighted by Gasteiger charge is -2.06. The van der Waals surface area contributed by atoms with Gasteiger partial charge < -0.3 is 15.5 Å². The van der Waals surface area contributed by atoms with Crippen LogP contribution in [0.4, 0.5) is 5.69 Å². The van der Waals surface area contributed by atoms with Crippen molar-refractivity contribution in [1.29, 1.82) is 0 Å². The van der Waals surface area contributed by atoms with Gasteiger partial charge in [0.05, 0.1) is 22.5 Å². The zero-order chi connectivity index (χ0) is 21.3. The summed E-state index contributed by atoms with van der Waals surface area (Å²) in [6, 6.07) is 16.6. The highest BCUT2D eigenvalue weighted by molar-refractivity contribution is 6.34. The van der Waals surface area contributed by atoms with Gasteiger partial charge in [0.15, 0.2) is 11.5 Å². The highest BCUT2D eigenvalue weighted by atomic mass is 35.5. The molecule has 0 spiro atoms. The normalized spacial score (nSPS) is 10.7. The molecule has 4 aromatic rings. The lowest BCUT2D eigenvalue weighted by molar-refractivity contribution is 0.0998. The second kappa shape index (κ2) is 8.06. The number of primary amides is 1. The van der Waals surface area contributed by atoms with Crippen LogP contribution in [0.15, 0.2) is 71.3 Å². The molecule has 0 aliphatic heterocycles. The summed E-state index contributed by atoms with van der Waals surface area (Å²) in [6.45, 7) is 0. The summed E-state index contributed by atoms with van der Waals surface area (Å²) in [6.07, 6.45) is 1.54. The number of carbonyl (C=O) groups excluding carboxylic acids is 2. The molecule has 0 unspecified atom stereocenters. The van der Waals surface area contributed by atoms with E-state index >= 15 is 0 Å². The number of hydrogen-bond donors (Lipinski definition) is 2. The van der Waals surface area contributed by atoms with Crippen LogP contribution in [-0.4, -0.2) is 21.6 Å². The second-order valence-electron chi connectivity index (χ2n) is 6.29. The van der Waals surface area contributed by atoms with E-state index in [-0.39, 0.29) is 16.3 Å². The molecule has 2 aromatic heterocycles. The summed E-state index contributed by atoms with van der Waals surface area (Å²) in [5.41, 5.74) is 7.27. The first-order chi connectivity index (χ1) is 14.4. The third-order valence-corrected chi connectivity index (χ3v) is 4.84. The molecular formula is C21H14Cl2N4O3. The summed E-state index contributed by atoms with van der Waals surface area (Å²) in [5, 5.41) is 7.86. The van der Waals surface area contributed by atoms with Crippen LogP contribution in [0.1, 0.15) is 20.8 Å². The molecule has 3 N–H and O–H groups in total. The van der Waals surface area contributed by atoms with Crippen LogP contribution in [-0.2, 0) is 0 Å². The van der Waals surface area contributed by atoms with E-state index in [0.717, 1.165) is 0 Å². The average molecular weight is 441 g/mol. The van der Waals surface area contributed by atoms with Crippen molar-refractivity contribution in [3.63, 3.8) is 0 Å². The monoisotopic (exact) mass is 440 g/mol. The Bertz CT molecular complexity index is 1230. The van der Waals surface area contributed by atoms with Crippen molar-refractivity contribution in [3.05, 3.63) is 88.2 Å². The Labute approximate surface area is 181 Å². The zero-order valence-corrected chi connectivity index (χ0v) is 16.8. The molecule has 9 heteroatoms. The first-order valence-electron chi connectivity index (χ1n) is 8.73. The summed E-state index contributed by atoms with van der Waals surface area (Å²) in [4.78, 5) is 24.1. The molecule has 30 heavy (non-hydrogen) atoms. The minimum absolute atomic E-state index is 0.142. The van der Waals surface area contributed by atoms with Gasteiger partial charge >= 0.3 is 0 Å². The third-order valence-electron chi connectivity index (χ3n) is 4.28. The van der Waals surface area contributed by atoms with Crippen molar-refractivity contribution in [2.45, 2.75) is 0 Å². The first-order valence-corrected chi connectivity index (χ1v) is 9.48. The zero-order valence-electron chi connectivity index (χ0n) is 15.3. The minimum atomic E-state index is -0.650. The SMILES string of the molecule is NC(=O)c1ccc(NC(=O)c2cc(-c3ccco3)n(-c3ccc(Cl)cc3)n2)cc1Cl. The molecular weight excluding hydrogens is 427 g/mol. The van der Waals surface area contributed by atoms with Gasteiger partial charge in [-0.3, -0.25) is 9.59 Å². The molecule has 0 radical (unpaired) electrons. The number of anilines is 1. The number of amides is 2. The molecule has 0 saturated heterocycles. The molecule has 0 saturated carbocycles. The molecule has 0 fully saturated rings. The number of rotatable bonds is 5. The molecule has 2 amide bonds. The van der Waals surface area contributed by atoms with Gasteiger partial charge in [-0.2, -0.15) is 5.10 Å². The number of furan rings is 1. The standard InChI is InChI=1S/C21H14Cl2N4O3/c22-12-3-6-14(7-4-12)27-18(19-2-1-9-30-19)11-17(26-27)21(29)25-13-5-8-15(20(24)28)16(23)10-13/h1-11H,(H2,24,28)(H,25,29). The van der Waals surface area contributed by atoms with Crippen molar-refractivity contribution in [1.82, 2.24) is 9.78 Å². The first kappa shape index (κ1) is 19.8. The number of benzene rings is 2. The maximum Gasteiger partial charge on any atom is 0.276 e. The molecule has 0 bridgehead atoms. The summed E-state index contributed by atoms with van der Waals surface area (Å²) in [7, 11) is 0. The maximum absolute atomic E-state index is 12.8. The largest absolute Gasteiger partial charge is 0.463 e. The predicted molar refractivity (Wildman–Crippen MR) is 114 cm³/mol. The molecule has 2 heterocycles. The van der Waals surface area contributed by atoms with Crippen molar-refractivity contribution < 1.29 is 14.0 Å². The van der Waals surface area contributed by atoms with Crippen LogP contribution in [0, 0.1) is 0 Å². The topological polar surface area (TPSA) is 103 Å². The third kappa shape index (κ3) is 3.94. The Morgan fingerprint density at radius 2 is 1.80 bits per heavy atom. The molecule has 0 aliphatic rings. The van der Waals surface area contributed by atoms with Gasteiger partial charge in [-0.25, -0.2) is 4.68 Å². The van der Waals surface area contributed by atoms with Gasteiger partial charge in [-0.1, -0.05) is 23.2 Å². The van der Waals surface area contributed by atoms with Gasteiger partial charge in [0.1, 0.15) is 5.69 Å². The van der Waals surface area contributed by atoms with Crippen LogP contribution >= 0.6 is 23.2 Å². The fourth-order valence-corrected chi connectivity index (χ4v) is 3.26. The fourth-order valence-electron chi connectivity index (χ4n) is 2.86. The molecule has 0 aliphatic carbocycles.